The third-order valence-electron chi connectivity index (χ3n) is 4.32. The van der Waals surface area contributed by atoms with Crippen LogP contribution in [0.5, 0.6) is 5.75 Å². The lowest BCUT2D eigenvalue weighted by atomic mass is 10.1. The van der Waals surface area contributed by atoms with Gasteiger partial charge in [0, 0.05) is 18.0 Å². The zero-order valence-electron chi connectivity index (χ0n) is 15.0. The molecule has 4 aromatic rings. The van der Waals surface area contributed by atoms with E-state index in [9.17, 15) is 8.42 Å². The number of nitrogens with one attached hydrogen (secondary N) is 1. The number of methoxy groups -OCH3 is 1. The molecular weight excluding hydrogens is 374 g/mol. The van der Waals surface area contributed by atoms with Crippen molar-refractivity contribution in [1.82, 2.24) is 9.97 Å². The highest BCUT2D eigenvalue weighted by molar-refractivity contribution is 7.92. The molecule has 0 spiro atoms. The van der Waals surface area contributed by atoms with Crippen molar-refractivity contribution in [1.29, 1.82) is 0 Å². The Morgan fingerprint density at radius 2 is 1.57 bits per heavy atom. The summed E-state index contributed by atoms with van der Waals surface area (Å²) in [5, 5.41) is 1.82. The van der Waals surface area contributed by atoms with E-state index in [1.807, 2.05) is 24.3 Å². The fraction of sp³-hybridized carbons (Fsp3) is 0.0476. The standard InChI is InChI=1S/C21H17N3O3S/c1-27-18-9-6-16(7-10-18)20-21(23-13-12-22-20)24-28(25,26)19-11-8-15-4-2-3-5-17(15)14-19/h2-14H,1H3,(H,23,24). The van der Waals surface area contributed by atoms with E-state index < -0.39 is 10.0 Å². The van der Waals surface area contributed by atoms with Crippen LogP contribution in [0.2, 0.25) is 0 Å². The molecule has 28 heavy (non-hydrogen) atoms. The zero-order chi connectivity index (χ0) is 19.6. The summed E-state index contributed by atoms with van der Waals surface area (Å²) >= 11 is 0. The second-order valence-corrected chi connectivity index (χ2v) is 7.78. The molecular formula is C21H17N3O3S. The number of anilines is 1. The van der Waals surface area contributed by atoms with E-state index in [0.717, 1.165) is 16.3 Å². The Morgan fingerprint density at radius 3 is 2.32 bits per heavy atom. The molecule has 0 bridgehead atoms. The summed E-state index contributed by atoms with van der Waals surface area (Å²) in [6, 6.07) is 19.8. The van der Waals surface area contributed by atoms with Gasteiger partial charge in [0.25, 0.3) is 10.0 Å². The molecule has 1 N–H and O–H groups in total. The predicted molar refractivity (Wildman–Crippen MR) is 109 cm³/mol. The summed E-state index contributed by atoms with van der Waals surface area (Å²) in [6.07, 6.45) is 2.97. The topological polar surface area (TPSA) is 81.2 Å². The van der Waals surface area contributed by atoms with Crippen LogP contribution >= 0.6 is 0 Å². The fourth-order valence-electron chi connectivity index (χ4n) is 2.89. The van der Waals surface area contributed by atoms with Crippen LogP contribution in [0, 0.1) is 0 Å². The Labute approximate surface area is 162 Å². The Bertz CT molecular complexity index is 1240. The van der Waals surface area contributed by atoms with E-state index in [2.05, 4.69) is 14.7 Å². The van der Waals surface area contributed by atoms with Crippen LogP contribution in [0.4, 0.5) is 5.82 Å². The monoisotopic (exact) mass is 391 g/mol. The molecule has 0 aliphatic heterocycles. The summed E-state index contributed by atoms with van der Waals surface area (Å²) in [5.74, 6) is 0.867. The summed E-state index contributed by atoms with van der Waals surface area (Å²) in [7, 11) is -2.24. The van der Waals surface area contributed by atoms with E-state index in [0.29, 0.717) is 11.4 Å². The van der Waals surface area contributed by atoms with Crippen molar-refractivity contribution in [3.8, 4) is 17.0 Å². The number of benzene rings is 3. The maximum absolute atomic E-state index is 12.9. The number of sulfonamides is 1. The average Bonchev–Trinajstić information content (AvgIpc) is 2.73. The third kappa shape index (κ3) is 3.52. The van der Waals surface area contributed by atoms with Gasteiger partial charge < -0.3 is 4.74 Å². The molecule has 1 heterocycles. The molecule has 0 amide bonds. The third-order valence-corrected chi connectivity index (χ3v) is 5.66. The van der Waals surface area contributed by atoms with E-state index in [1.54, 1.807) is 49.6 Å². The van der Waals surface area contributed by atoms with Crippen molar-refractivity contribution >= 4 is 26.6 Å². The van der Waals surface area contributed by atoms with Gasteiger partial charge in [0.1, 0.15) is 11.4 Å². The average molecular weight is 391 g/mol. The first-order chi connectivity index (χ1) is 13.6. The van der Waals surface area contributed by atoms with Gasteiger partial charge >= 0.3 is 0 Å². The van der Waals surface area contributed by atoms with Gasteiger partial charge in [-0.25, -0.2) is 13.4 Å². The summed E-state index contributed by atoms with van der Waals surface area (Å²) in [5.41, 5.74) is 1.17. The molecule has 140 valence electrons. The fourth-order valence-corrected chi connectivity index (χ4v) is 3.94. The number of fused-ring (bicyclic) bond motifs is 1. The van der Waals surface area contributed by atoms with Gasteiger partial charge in [-0.3, -0.25) is 9.71 Å². The van der Waals surface area contributed by atoms with Gasteiger partial charge in [0.05, 0.1) is 12.0 Å². The first kappa shape index (κ1) is 17.9. The van der Waals surface area contributed by atoms with Crippen molar-refractivity contribution in [3.05, 3.63) is 79.1 Å². The van der Waals surface area contributed by atoms with Crippen molar-refractivity contribution in [2.24, 2.45) is 0 Å². The molecule has 0 unspecified atom stereocenters. The smallest absolute Gasteiger partial charge is 0.263 e. The van der Waals surface area contributed by atoms with Crippen LogP contribution in [0.15, 0.2) is 84.0 Å². The van der Waals surface area contributed by atoms with E-state index in [1.165, 1.54) is 12.4 Å². The molecule has 6 nitrogen and oxygen atoms in total. The first-order valence-electron chi connectivity index (χ1n) is 8.54. The highest BCUT2D eigenvalue weighted by Gasteiger charge is 2.18. The van der Waals surface area contributed by atoms with Crippen LogP contribution in [0.3, 0.4) is 0 Å². The highest BCUT2D eigenvalue weighted by Crippen LogP contribution is 2.28. The Kier molecular flexibility index (Phi) is 4.67. The quantitative estimate of drug-likeness (QED) is 0.554. The molecule has 7 heteroatoms. The van der Waals surface area contributed by atoms with E-state index in [-0.39, 0.29) is 10.7 Å². The van der Waals surface area contributed by atoms with Gasteiger partial charge in [-0.15, -0.1) is 0 Å². The minimum atomic E-state index is -3.83. The first-order valence-corrected chi connectivity index (χ1v) is 10.0. The Hall–Kier alpha value is -3.45. The summed E-state index contributed by atoms with van der Waals surface area (Å²) in [6.45, 7) is 0. The summed E-state index contributed by atoms with van der Waals surface area (Å²) in [4.78, 5) is 8.65. The second kappa shape index (κ2) is 7.28. The van der Waals surface area contributed by atoms with Gasteiger partial charge in [-0.2, -0.15) is 0 Å². The minimum absolute atomic E-state index is 0.164. The lowest BCUT2D eigenvalue weighted by Crippen LogP contribution is -2.15. The van der Waals surface area contributed by atoms with Crippen molar-refractivity contribution < 1.29 is 13.2 Å². The molecule has 1 aromatic heterocycles. The van der Waals surface area contributed by atoms with E-state index in [4.69, 9.17) is 4.74 Å². The number of hydrogen-bond donors (Lipinski definition) is 1. The van der Waals surface area contributed by atoms with Gasteiger partial charge in [0.2, 0.25) is 0 Å². The van der Waals surface area contributed by atoms with Crippen LogP contribution in [0.1, 0.15) is 0 Å². The van der Waals surface area contributed by atoms with Crippen molar-refractivity contribution in [2.45, 2.75) is 4.90 Å². The molecule has 0 aliphatic carbocycles. The van der Waals surface area contributed by atoms with Crippen LogP contribution in [-0.4, -0.2) is 25.5 Å². The maximum atomic E-state index is 12.9. The zero-order valence-corrected chi connectivity index (χ0v) is 15.8. The van der Waals surface area contributed by atoms with Crippen LogP contribution < -0.4 is 9.46 Å². The van der Waals surface area contributed by atoms with E-state index >= 15 is 0 Å². The maximum Gasteiger partial charge on any atom is 0.263 e. The molecule has 0 saturated carbocycles. The van der Waals surface area contributed by atoms with Gasteiger partial charge in [-0.05, 0) is 47.2 Å². The molecule has 0 fully saturated rings. The number of nitrogens with zero attached hydrogens (tertiary/aromatic N) is 2. The van der Waals surface area contributed by atoms with Gasteiger partial charge in [0.15, 0.2) is 5.82 Å². The molecule has 0 aliphatic rings. The Balaban J connectivity index is 1.71. The van der Waals surface area contributed by atoms with Crippen molar-refractivity contribution in [2.75, 3.05) is 11.8 Å². The molecule has 0 atom stereocenters. The minimum Gasteiger partial charge on any atom is -0.497 e. The lowest BCUT2D eigenvalue weighted by Gasteiger charge is -2.12. The Morgan fingerprint density at radius 1 is 0.857 bits per heavy atom. The van der Waals surface area contributed by atoms with Gasteiger partial charge in [-0.1, -0.05) is 30.3 Å². The predicted octanol–water partition coefficient (Wildman–Crippen LogP) is 4.11. The van der Waals surface area contributed by atoms with Crippen LogP contribution in [-0.2, 0) is 10.0 Å². The molecule has 0 saturated heterocycles. The molecule has 3 aromatic carbocycles. The number of rotatable bonds is 5. The molecule has 0 radical (unpaired) electrons. The van der Waals surface area contributed by atoms with Crippen molar-refractivity contribution in [3.63, 3.8) is 0 Å². The largest absolute Gasteiger partial charge is 0.497 e. The highest BCUT2D eigenvalue weighted by atomic mass is 32.2. The second-order valence-electron chi connectivity index (χ2n) is 6.10. The normalized spacial score (nSPS) is 11.3. The number of hydrogen-bond acceptors (Lipinski definition) is 5. The van der Waals surface area contributed by atoms with Crippen LogP contribution in [0.25, 0.3) is 22.0 Å². The molecule has 4 rings (SSSR count). The number of aromatic nitrogens is 2. The summed E-state index contributed by atoms with van der Waals surface area (Å²) < 4.78 is 33.6. The SMILES string of the molecule is COc1ccc(-c2nccnc2NS(=O)(=O)c2ccc3ccccc3c2)cc1. The lowest BCUT2D eigenvalue weighted by molar-refractivity contribution is 0.415. The number of ether oxygens (including phenoxy) is 1.